The maximum absolute atomic E-state index is 9.94. The summed E-state index contributed by atoms with van der Waals surface area (Å²) in [6, 6.07) is 9.84. The normalized spacial score (nSPS) is 11.1. The molecule has 0 aliphatic heterocycles. The summed E-state index contributed by atoms with van der Waals surface area (Å²) in [5.41, 5.74) is 7.30. The Morgan fingerprint density at radius 3 is 2.53 bits per heavy atom. The number of benzene rings is 2. The van der Waals surface area contributed by atoms with Gasteiger partial charge in [-0.05, 0) is 22.9 Å². The summed E-state index contributed by atoms with van der Waals surface area (Å²) in [6.45, 7) is 4.09. The number of phenols is 1. The molecule has 0 saturated heterocycles. The lowest BCUT2D eigenvalue weighted by atomic mass is 9.96. The van der Waals surface area contributed by atoms with Gasteiger partial charge in [0, 0.05) is 5.39 Å². The third kappa shape index (κ3) is 1.52. The van der Waals surface area contributed by atoms with Gasteiger partial charge < -0.3 is 10.8 Å². The minimum Gasteiger partial charge on any atom is -0.505 e. The number of anilines is 1. The van der Waals surface area contributed by atoms with Gasteiger partial charge >= 0.3 is 0 Å². The zero-order valence-corrected chi connectivity index (χ0v) is 8.99. The van der Waals surface area contributed by atoms with Gasteiger partial charge in [-0.2, -0.15) is 0 Å². The smallest absolute Gasteiger partial charge is 0.142 e. The van der Waals surface area contributed by atoms with Crippen LogP contribution in [0.3, 0.4) is 0 Å². The van der Waals surface area contributed by atoms with Crippen molar-refractivity contribution < 1.29 is 5.11 Å². The third-order valence-corrected chi connectivity index (χ3v) is 2.71. The molecule has 2 heteroatoms. The molecule has 0 bridgehead atoms. The van der Waals surface area contributed by atoms with Gasteiger partial charge in [0.05, 0.1) is 5.69 Å². The van der Waals surface area contributed by atoms with Crippen molar-refractivity contribution in [2.45, 2.75) is 19.8 Å². The first-order chi connectivity index (χ1) is 7.11. The maximum atomic E-state index is 9.94. The first-order valence-electron chi connectivity index (χ1n) is 5.11. The highest BCUT2D eigenvalue weighted by molar-refractivity contribution is 5.96. The summed E-state index contributed by atoms with van der Waals surface area (Å²) in [7, 11) is 0. The Balaban J connectivity index is 2.82. The molecule has 0 spiro atoms. The second-order valence-corrected chi connectivity index (χ2v) is 4.10. The molecule has 0 saturated carbocycles. The van der Waals surface area contributed by atoms with Gasteiger partial charge in [-0.25, -0.2) is 0 Å². The van der Waals surface area contributed by atoms with Crippen molar-refractivity contribution in [3.8, 4) is 5.75 Å². The van der Waals surface area contributed by atoms with E-state index in [0.29, 0.717) is 5.69 Å². The molecular weight excluding hydrogens is 186 g/mol. The minimum atomic E-state index is 0.226. The largest absolute Gasteiger partial charge is 0.505 e. The summed E-state index contributed by atoms with van der Waals surface area (Å²) >= 11 is 0. The molecule has 0 heterocycles. The predicted molar refractivity (Wildman–Crippen MR) is 64.1 cm³/mol. The molecule has 2 aromatic rings. The van der Waals surface area contributed by atoms with Crippen LogP contribution >= 0.6 is 0 Å². The third-order valence-electron chi connectivity index (χ3n) is 2.71. The molecule has 15 heavy (non-hydrogen) atoms. The molecule has 0 unspecified atom stereocenters. The van der Waals surface area contributed by atoms with Crippen LogP contribution in [0.25, 0.3) is 10.8 Å². The molecule has 2 aromatic carbocycles. The van der Waals surface area contributed by atoms with Crippen LogP contribution in [0, 0.1) is 0 Å². The Kier molecular flexibility index (Phi) is 2.27. The average Bonchev–Trinajstić information content (AvgIpc) is 2.23. The monoisotopic (exact) mass is 201 g/mol. The fraction of sp³-hybridized carbons (Fsp3) is 0.231. The van der Waals surface area contributed by atoms with Crippen molar-refractivity contribution in [1.29, 1.82) is 0 Å². The molecule has 0 amide bonds. The molecule has 0 atom stereocenters. The number of fused-ring (bicyclic) bond motifs is 1. The van der Waals surface area contributed by atoms with E-state index in [0.717, 1.165) is 16.3 Å². The zero-order valence-electron chi connectivity index (χ0n) is 8.99. The van der Waals surface area contributed by atoms with Crippen molar-refractivity contribution in [2.24, 2.45) is 0 Å². The van der Waals surface area contributed by atoms with E-state index in [4.69, 9.17) is 5.73 Å². The molecule has 0 fully saturated rings. The van der Waals surface area contributed by atoms with Crippen LogP contribution in [0.2, 0.25) is 0 Å². The molecule has 2 nitrogen and oxygen atoms in total. The van der Waals surface area contributed by atoms with Gasteiger partial charge in [0.2, 0.25) is 0 Å². The highest BCUT2D eigenvalue weighted by Gasteiger charge is 2.11. The number of rotatable bonds is 1. The van der Waals surface area contributed by atoms with Gasteiger partial charge in [0.25, 0.3) is 0 Å². The van der Waals surface area contributed by atoms with E-state index in [9.17, 15) is 5.11 Å². The van der Waals surface area contributed by atoms with Crippen LogP contribution in [0.15, 0.2) is 30.3 Å². The lowest BCUT2D eigenvalue weighted by Gasteiger charge is -2.13. The van der Waals surface area contributed by atoms with Crippen molar-refractivity contribution >= 4 is 16.5 Å². The summed E-state index contributed by atoms with van der Waals surface area (Å²) in [6.07, 6.45) is 0. The van der Waals surface area contributed by atoms with Crippen LogP contribution in [0.1, 0.15) is 25.3 Å². The number of aromatic hydroxyl groups is 1. The van der Waals surface area contributed by atoms with E-state index in [2.05, 4.69) is 0 Å². The number of phenolic OH excluding ortho intramolecular Hbond substituents is 1. The molecule has 2 rings (SSSR count). The minimum absolute atomic E-state index is 0.226. The Bertz CT molecular complexity index is 503. The Hall–Kier alpha value is -1.70. The van der Waals surface area contributed by atoms with Crippen LogP contribution < -0.4 is 5.73 Å². The van der Waals surface area contributed by atoms with Crippen LogP contribution in [-0.2, 0) is 0 Å². The second-order valence-electron chi connectivity index (χ2n) is 4.10. The number of nitrogens with two attached hydrogens (primary N) is 1. The highest BCUT2D eigenvalue weighted by atomic mass is 16.3. The molecule has 78 valence electrons. The van der Waals surface area contributed by atoms with Crippen molar-refractivity contribution in [1.82, 2.24) is 0 Å². The SMILES string of the molecule is CC(C)c1cc2ccccc2c(N)c1O. The van der Waals surface area contributed by atoms with E-state index in [-0.39, 0.29) is 11.7 Å². The highest BCUT2D eigenvalue weighted by Crippen LogP contribution is 2.36. The molecule has 0 aromatic heterocycles. The standard InChI is InChI=1S/C13H15NO/c1-8(2)11-7-9-5-3-4-6-10(9)12(14)13(11)15/h3-8,15H,14H2,1-2H3. The fourth-order valence-corrected chi connectivity index (χ4v) is 1.83. The lowest BCUT2D eigenvalue weighted by Crippen LogP contribution is -1.95. The van der Waals surface area contributed by atoms with Crippen molar-refractivity contribution in [3.05, 3.63) is 35.9 Å². The summed E-state index contributed by atoms with van der Waals surface area (Å²) < 4.78 is 0. The maximum Gasteiger partial charge on any atom is 0.142 e. The van der Waals surface area contributed by atoms with Gasteiger partial charge in [-0.3, -0.25) is 0 Å². The fourth-order valence-electron chi connectivity index (χ4n) is 1.83. The summed E-state index contributed by atoms with van der Waals surface area (Å²) in [5.74, 6) is 0.501. The summed E-state index contributed by atoms with van der Waals surface area (Å²) in [5, 5.41) is 11.9. The molecule has 0 aliphatic rings. The lowest BCUT2D eigenvalue weighted by molar-refractivity contribution is 0.468. The van der Waals surface area contributed by atoms with Crippen LogP contribution in [-0.4, -0.2) is 5.11 Å². The Morgan fingerprint density at radius 2 is 1.87 bits per heavy atom. The van der Waals surface area contributed by atoms with E-state index in [1.165, 1.54) is 0 Å². The second kappa shape index (κ2) is 3.46. The topological polar surface area (TPSA) is 46.2 Å². The summed E-state index contributed by atoms with van der Waals surface area (Å²) in [4.78, 5) is 0. The van der Waals surface area contributed by atoms with Crippen LogP contribution in [0.5, 0.6) is 5.75 Å². The first kappa shape index (κ1) is 9.84. The van der Waals surface area contributed by atoms with Crippen LogP contribution in [0.4, 0.5) is 5.69 Å². The quantitative estimate of drug-likeness (QED) is 0.549. The first-order valence-corrected chi connectivity index (χ1v) is 5.11. The van der Waals surface area contributed by atoms with E-state index >= 15 is 0 Å². The number of hydrogen-bond acceptors (Lipinski definition) is 2. The Morgan fingerprint density at radius 1 is 1.20 bits per heavy atom. The molecular formula is C13H15NO. The van der Waals surface area contributed by atoms with Gasteiger partial charge in [0.15, 0.2) is 0 Å². The van der Waals surface area contributed by atoms with Crippen molar-refractivity contribution in [3.63, 3.8) is 0 Å². The van der Waals surface area contributed by atoms with Gasteiger partial charge in [0.1, 0.15) is 5.75 Å². The zero-order chi connectivity index (χ0) is 11.0. The average molecular weight is 201 g/mol. The molecule has 0 radical (unpaired) electrons. The molecule has 3 N–H and O–H groups in total. The Labute approximate surface area is 89.3 Å². The van der Waals surface area contributed by atoms with Gasteiger partial charge in [-0.15, -0.1) is 0 Å². The van der Waals surface area contributed by atoms with E-state index in [1.54, 1.807) is 0 Å². The van der Waals surface area contributed by atoms with Crippen molar-refractivity contribution in [2.75, 3.05) is 5.73 Å². The van der Waals surface area contributed by atoms with E-state index < -0.39 is 0 Å². The number of hydrogen-bond donors (Lipinski definition) is 2. The number of nitrogen functional groups attached to an aromatic ring is 1. The van der Waals surface area contributed by atoms with E-state index in [1.807, 2.05) is 44.2 Å². The molecule has 0 aliphatic carbocycles. The predicted octanol–water partition coefficient (Wildman–Crippen LogP) is 3.25. The van der Waals surface area contributed by atoms with Gasteiger partial charge in [-0.1, -0.05) is 38.1 Å².